The van der Waals surface area contributed by atoms with Crippen molar-refractivity contribution >= 4 is 0 Å². The Kier molecular flexibility index (Phi) is 4.31. The second-order valence-electron chi connectivity index (χ2n) is 6.93. The summed E-state index contributed by atoms with van der Waals surface area (Å²) < 4.78 is 5.61. The fraction of sp³-hybridized carbons (Fsp3) is 0.647. The second-order valence-corrected chi connectivity index (χ2v) is 6.93. The highest BCUT2D eigenvalue weighted by Crippen LogP contribution is 2.33. The van der Waals surface area contributed by atoms with Gasteiger partial charge in [-0.2, -0.15) is 0 Å². The lowest BCUT2D eigenvalue weighted by Gasteiger charge is -2.44. The molecular formula is C17H27N3O. The van der Waals surface area contributed by atoms with Gasteiger partial charge in [-0.05, 0) is 12.6 Å². The first kappa shape index (κ1) is 15.0. The zero-order valence-electron chi connectivity index (χ0n) is 13.2. The first-order valence-corrected chi connectivity index (χ1v) is 7.89. The number of rotatable bonds is 3. The molecule has 3 atom stereocenters. The van der Waals surface area contributed by atoms with E-state index in [2.05, 4.69) is 54.1 Å². The fourth-order valence-corrected chi connectivity index (χ4v) is 3.49. The minimum absolute atomic E-state index is 0.0724. The van der Waals surface area contributed by atoms with Crippen molar-refractivity contribution in [3.05, 3.63) is 35.9 Å². The van der Waals surface area contributed by atoms with Crippen molar-refractivity contribution in [3.8, 4) is 0 Å². The van der Waals surface area contributed by atoms with Crippen LogP contribution in [-0.2, 0) is 4.74 Å². The van der Waals surface area contributed by atoms with Crippen LogP contribution in [0.5, 0.6) is 0 Å². The van der Waals surface area contributed by atoms with Gasteiger partial charge in [0.1, 0.15) is 0 Å². The Labute approximate surface area is 127 Å². The van der Waals surface area contributed by atoms with E-state index < -0.39 is 0 Å². The van der Waals surface area contributed by atoms with E-state index >= 15 is 0 Å². The molecule has 4 nitrogen and oxygen atoms in total. The number of hydrogen-bond donors (Lipinski definition) is 1. The summed E-state index contributed by atoms with van der Waals surface area (Å²) in [6, 6.07) is 11.4. The van der Waals surface area contributed by atoms with Crippen LogP contribution in [0.4, 0.5) is 0 Å². The van der Waals surface area contributed by atoms with Crippen LogP contribution >= 0.6 is 0 Å². The molecule has 3 unspecified atom stereocenters. The van der Waals surface area contributed by atoms with E-state index in [1.165, 1.54) is 5.56 Å². The molecule has 2 aliphatic heterocycles. The van der Waals surface area contributed by atoms with E-state index in [9.17, 15) is 0 Å². The van der Waals surface area contributed by atoms with Crippen molar-refractivity contribution in [2.45, 2.75) is 19.0 Å². The Hall–Kier alpha value is -0.940. The molecule has 2 heterocycles. The van der Waals surface area contributed by atoms with Crippen molar-refractivity contribution in [1.82, 2.24) is 9.80 Å². The summed E-state index contributed by atoms with van der Waals surface area (Å²) in [5.41, 5.74) is 7.76. The number of likely N-dealkylation sites (N-methyl/N-ethyl adjacent to an activating group) is 1. The summed E-state index contributed by atoms with van der Waals surface area (Å²) in [5.74, 6) is 0. The SMILES string of the molecule is CN1CCN(CC2(C)COCC2N)C(c2ccccc2)C1. The molecule has 4 heteroatoms. The van der Waals surface area contributed by atoms with Crippen LogP contribution in [0.25, 0.3) is 0 Å². The molecule has 0 bridgehead atoms. The Morgan fingerprint density at radius 2 is 2.05 bits per heavy atom. The van der Waals surface area contributed by atoms with Gasteiger partial charge in [-0.25, -0.2) is 0 Å². The van der Waals surface area contributed by atoms with E-state index in [4.69, 9.17) is 10.5 Å². The molecule has 3 rings (SSSR count). The molecule has 0 spiro atoms. The number of ether oxygens (including phenoxy) is 1. The summed E-state index contributed by atoms with van der Waals surface area (Å²) in [4.78, 5) is 5.02. The second kappa shape index (κ2) is 6.05. The third kappa shape index (κ3) is 3.14. The van der Waals surface area contributed by atoms with Crippen molar-refractivity contribution < 1.29 is 4.74 Å². The van der Waals surface area contributed by atoms with Gasteiger partial charge in [-0.1, -0.05) is 37.3 Å². The molecule has 2 fully saturated rings. The van der Waals surface area contributed by atoms with Crippen LogP contribution < -0.4 is 5.73 Å². The number of piperazine rings is 1. The Bertz CT molecular complexity index is 466. The topological polar surface area (TPSA) is 41.7 Å². The highest BCUT2D eigenvalue weighted by atomic mass is 16.5. The smallest absolute Gasteiger partial charge is 0.0624 e. The third-order valence-electron chi connectivity index (χ3n) is 5.07. The fourth-order valence-electron chi connectivity index (χ4n) is 3.49. The van der Waals surface area contributed by atoms with E-state index in [1.54, 1.807) is 0 Å². The zero-order chi connectivity index (χ0) is 14.9. The average molecular weight is 289 g/mol. The van der Waals surface area contributed by atoms with E-state index in [0.717, 1.165) is 32.8 Å². The van der Waals surface area contributed by atoms with Gasteiger partial charge in [0.15, 0.2) is 0 Å². The Morgan fingerprint density at radius 3 is 2.71 bits per heavy atom. The highest BCUT2D eigenvalue weighted by Gasteiger charge is 2.41. The molecule has 0 aromatic heterocycles. The van der Waals surface area contributed by atoms with Gasteiger partial charge in [0.05, 0.1) is 13.2 Å². The molecule has 116 valence electrons. The first-order chi connectivity index (χ1) is 10.1. The Morgan fingerprint density at radius 1 is 1.29 bits per heavy atom. The van der Waals surface area contributed by atoms with E-state index in [1.807, 2.05) is 0 Å². The molecule has 2 aliphatic rings. The van der Waals surface area contributed by atoms with Gasteiger partial charge >= 0.3 is 0 Å². The first-order valence-electron chi connectivity index (χ1n) is 7.89. The Balaban J connectivity index is 1.78. The molecule has 0 radical (unpaired) electrons. The molecule has 0 saturated carbocycles. The van der Waals surface area contributed by atoms with Gasteiger partial charge < -0.3 is 15.4 Å². The third-order valence-corrected chi connectivity index (χ3v) is 5.07. The number of nitrogens with zero attached hydrogens (tertiary/aromatic N) is 2. The highest BCUT2D eigenvalue weighted by molar-refractivity contribution is 5.20. The number of nitrogens with two attached hydrogens (primary N) is 1. The van der Waals surface area contributed by atoms with Crippen molar-refractivity contribution in [2.75, 3.05) is 46.4 Å². The summed E-state index contributed by atoms with van der Waals surface area (Å²) in [7, 11) is 2.21. The van der Waals surface area contributed by atoms with E-state index in [0.29, 0.717) is 12.6 Å². The summed E-state index contributed by atoms with van der Waals surface area (Å²) in [5, 5.41) is 0. The minimum Gasteiger partial charge on any atom is -0.379 e. The maximum atomic E-state index is 6.28. The van der Waals surface area contributed by atoms with Crippen LogP contribution in [0.3, 0.4) is 0 Å². The largest absolute Gasteiger partial charge is 0.379 e. The number of hydrogen-bond acceptors (Lipinski definition) is 4. The molecule has 21 heavy (non-hydrogen) atoms. The predicted molar refractivity (Wildman–Crippen MR) is 85.2 cm³/mol. The van der Waals surface area contributed by atoms with Crippen molar-refractivity contribution in [1.29, 1.82) is 0 Å². The zero-order valence-corrected chi connectivity index (χ0v) is 13.2. The van der Waals surface area contributed by atoms with E-state index in [-0.39, 0.29) is 11.5 Å². The molecule has 2 saturated heterocycles. The minimum atomic E-state index is 0.0724. The molecule has 0 amide bonds. The van der Waals surface area contributed by atoms with Crippen LogP contribution in [0.2, 0.25) is 0 Å². The van der Waals surface area contributed by atoms with Crippen molar-refractivity contribution in [2.24, 2.45) is 11.1 Å². The van der Waals surface area contributed by atoms with Gasteiger partial charge in [0.2, 0.25) is 0 Å². The molecule has 1 aromatic carbocycles. The lowest BCUT2D eigenvalue weighted by atomic mass is 9.84. The van der Waals surface area contributed by atoms with Gasteiger partial charge in [-0.15, -0.1) is 0 Å². The van der Waals surface area contributed by atoms with Crippen LogP contribution in [0.1, 0.15) is 18.5 Å². The molecule has 1 aromatic rings. The van der Waals surface area contributed by atoms with Crippen molar-refractivity contribution in [3.63, 3.8) is 0 Å². The maximum absolute atomic E-state index is 6.28. The summed E-state index contributed by atoms with van der Waals surface area (Å²) in [6.07, 6.45) is 0. The van der Waals surface area contributed by atoms with Crippen LogP contribution in [0, 0.1) is 5.41 Å². The molecule has 2 N–H and O–H groups in total. The monoisotopic (exact) mass is 289 g/mol. The van der Waals surface area contributed by atoms with Gasteiger partial charge in [-0.3, -0.25) is 4.90 Å². The molecule has 0 aliphatic carbocycles. The number of benzene rings is 1. The van der Waals surface area contributed by atoms with Gasteiger partial charge in [0.25, 0.3) is 0 Å². The normalized spacial score (nSPS) is 35.2. The summed E-state index contributed by atoms with van der Waals surface area (Å²) in [6.45, 7) is 8.05. The quantitative estimate of drug-likeness (QED) is 0.912. The van der Waals surface area contributed by atoms with Crippen LogP contribution in [-0.4, -0.2) is 62.3 Å². The lowest BCUT2D eigenvalue weighted by molar-refractivity contribution is 0.0424. The summed E-state index contributed by atoms with van der Waals surface area (Å²) >= 11 is 0. The average Bonchev–Trinajstić information content (AvgIpc) is 2.81. The maximum Gasteiger partial charge on any atom is 0.0624 e. The molecular weight excluding hydrogens is 262 g/mol. The standard InChI is InChI=1S/C17H27N3O/c1-17(13-21-11-16(17)18)12-20-9-8-19(2)10-15(20)14-6-4-3-5-7-14/h3-7,15-16H,8-13,18H2,1-2H3. The van der Waals surface area contributed by atoms with Gasteiger partial charge in [0, 0.05) is 43.7 Å². The predicted octanol–water partition coefficient (Wildman–Crippen LogP) is 1.34. The van der Waals surface area contributed by atoms with Crippen LogP contribution in [0.15, 0.2) is 30.3 Å². The lowest BCUT2D eigenvalue weighted by Crippen LogP contribution is -2.53.